The summed E-state index contributed by atoms with van der Waals surface area (Å²) < 4.78 is 96.2. The van der Waals surface area contributed by atoms with Crippen LogP contribution >= 0.6 is 0 Å². The predicted molar refractivity (Wildman–Crippen MR) is 126 cm³/mol. The van der Waals surface area contributed by atoms with E-state index in [4.69, 9.17) is 14.3 Å². The molecule has 1 amide bonds. The Morgan fingerprint density at radius 2 is 1.71 bits per heavy atom. The Bertz CT molecular complexity index is 1460. The highest BCUT2D eigenvalue weighted by Crippen LogP contribution is 2.47. The van der Waals surface area contributed by atoms with E-state index >= 15 is 0 Å². The molecule has 41 heavy (non-hydrogen) atoms. The molecule has 3 heterocycles. The Labute approximate surface area is 226 Å². The first kappa shape index (κ1) is 29.6. The zero-order valence-corrected chi connectivity index (χ0v) is 20.8. The van der Waals surface area contributed by atoms with Gasteiger partial charge in [0.1, 0.15) is 11.5 Å². The van der Waals surface area contributed by atoms with Crippen LogP contribution in [0.2, 0.25) is 0 Å². The molecule has 1 aliphatic rings. The number of nitrogens with one attached hydrogen (secondary N) is 1. The van der Waals surface area contributed by atoms with Crippen LogP contribution in [-0.2, 0) is 27.9 Å². The molecule has 0 spiro atoms. The molecule has 0 fully saturated rings. The van der Waals surface area contributed by atoms with Crippen molar-refractivity contribution in [1.82, 2.24) is 15.2 Å². The third-order valence-corrected chi connectivity index (χ3v) is 6.15. The molecule has 10 nitrogen and oxygen atoms in total. The zero-order chi connectivity index (χ0) is 30.0. The Morgan fingerprint density at radius 1 is 1.02 bits per heavy atom. The predicted octanol–water partition coefficient (Wildman–Crippen LogP) is 5.93. The van der Waals surface area contributed by atoms with Crippen molar-refractivity contribution < 1.29 is 55.0 Å². The lowest BCUT2D eigenvalue weighted by Crippen LogP contribution is -2.47. The molecule has 2 N–H and O–H groups in total. The van der Waals surface area contributed by atoms with Crippen molar-refractivity contribution in [2.45, 2.75) is 56.7 Å². The lowest BCUT2D eigenvalue weighted by atomic mass is 9.92. The second kappa shape index (κ2) is 11.3. The molecule has 1 atom stereocenters. The summed E-state index contributed by atoms with van der Waals surface area (Å²) in [7, 11) is 0. The summed E-state index contributed by atoms with van der Waals surface area (Å²) in [5.41, 5.74) is -7.60. The van der Waals surface area contributed by atoms with Gasteiger partial charge in [0.05, 0.1) is 24.3 Å². The molecule has 0 saturated heterocycles. The molecule has 218 valence electrons. The van der Waals surface area contributed by atoms with Crippen molar-refractivity contribution in [2.24, 2.45) is 0 Å². The number of carboxylic acid groups (broad SMARTS) is 1. The topological polar surface area (TPSA) is 145 Å². The highest BCUT2D eigenvalue weighted by molar-refractivity contribution is 5.98. The molecule has 1 aliphatic heterocycles. The number of benzene rings is 1. The molecule has 4 bridgehead atoms. The summed E-state index contributed by atoms with van der Waals surface area (Å²) in [6, 6.07) is 7.94. The average Bonchev–Trinajstić information content (AvgIpc) is 3.37. The fourth-order valence-electron chi connectivity index (χ4n) is 4.16. The van der Waals surface area contributed by atoms with Gasteiger partial charge in [0.25, 0.3) is 11.8 Å². The van der Waals surface area contributed by atoms with E-state index in [1.807, 2.05) is 0 Å². The molecular formula is C25H20F6N4O6. The fourth-order valence-corrected chi connectivity index (χ4v) is 4.16. The number of carbonyl (C=O) groups excluding carboxylic acids is 2. The number of fused-ring (bicyclic) bond motifs is 5. The van der Waals surface area contributed by atoms with Gasteiger partial charge in [0, 0.05) is 12.8 Å². The van der Waals surface area contributed by atoms with Crippen LogP contribution < -0.4 is 5.32 Å². The number of halogens is 6. The van der Waals surface area contributed by atoms with Crippen LogP contribution in [0.3, 0.4) is 0 Å². The maximum atomic E-state index is 14.7. The second-order valence-electron chi connectivity index (χ2n) is 9.07. The van der Waals surface area contributed by atoms with Crippen molar-refractivity contribution in [3.63, 3.8) is 0 Å². The molecule has 1 aromatic carbocycles. The number of alkyl halides is 6. The van der Waals surface area contributed by atoms with Gasteiger partial charge in [-0.15, -0.1) is 10.2 Å². The minimum atomic E-state index is -5.31. The molecule has 2 aromatic heterocycles. The number of ketones is 2. The van der Waals surface area contributed by atoms with E-state index in [9.17, 15) is 40.7 Å². The highest BCUT2D eigenvalue weighted by Gasteiger charge is 2.62. The number of hydrogen-bond acceptors (Lipinski definition) is 8. The van der Waals surface area contributed by atoms with Gasteiger partial charge in [-0.05, 0) is 24.5 Å². The monoisotopic (exact) mass is 586 g/mol. The molecule has 4 rings (SSSR count). The fraction of sp³-hybridized carbons (Fsp3) is 0.360. The number of carbonyl (C=O) groups is 3. The molecule has 3 aromatic rings. The Hall–Kier alpha value is -4.34. The number of hydrogen-bond donors (Lipinski definition) is 2. The summed E-state index contributed by atoms with van der Waals surface area (Å²) in [5, 5.41) is 17.7. The van der Waals surface area contributed by atoms with Crippen LogP contribution in [0, 0.1) is 0 Å². The van der Waals surface area contributed by atoms with E-state index in [0.717, 1.165) is 0 Å². The second-order valence-corrected chi connectivity index (χ2v) is 9.07. The van der Waals surface area contributed by atoms with Gasteiger partial charge in [0.15, 0.2) is 11.5 Å². The zero-order valence-electron chi connectivity index (χ0n) is 20.8. The van der Waals surface area contributed by atoms with Gasteiger partial charge in [0.2, 0.25) is 5.60 Å². The lowest BCUT2D eigenvalue weighted by Gasteiger charge is -2.32. The van der Waals surface area contributed by atoms with Crippen LogP contribution in [0.1, 0.15) is 59.6 Å². The highest BCUT2D eigenvalue weighted by atomic mass is 19.4. The maximum absolute atomic E-state index is 14.7. The number of Topliss-reactive ketones (excluding diaryl/α,β-unsaturated/α-hetero) is 2. The first-order chi connectivity index (χ1) is 19.2. The van der Waals surface area contributed by atoms with E-state index in [1.165, 1.54) is 12.1 Å². The summed E-state index contributed by atoms with van der Waals surface area (Å²) in [6.07, 6.45) is -14.9. The van der Waals surface area contributed by atoms with Gasteiger partial charge in [-0.2, -0.15) is 26.3 Å². The molecule has 0 unspecified atom stereocenters. The minimum absolute atomic E-state index is 0.126. The van der Waals surface area contributed by atoms with Gasteiger partial charge in [-0.3, -0.25) is 14.9 Å². The number of ether oxygens (including phenoxy) is 1. The third kappa shape index (κ3) is 6.37. The summed E-state index contributed by atoms with van der Waals surface area (Å²) in [6.45, 7) is -0.645. The first-order valence-corrected chi connectivity index (χ1v) is 12.0. The number of rotatable bonds is 4. The molecule has 0 aliphatic carbocycles. The van der Waals surface area contributed by atoms with Crippen LogP contribution in [0.15, 0.2) is 40.8 Å². The number of amides is 1. The van der Waals surface area contributed by atoms with E-state index in [1.54, 1.807) is 23.5 Å². The third-order valence-electron chi connectivity index (χ3n) is 6.15. The van der Waals surface area contributed by atoms with Crippen molar-refractivity contribution in [2.75, 3.05) is 5.32 Å². The minimum Gasteiger partial charge on any atom is -0.465 e. The SMILES string of the molecule is O=C1CCCCC(=O)c2nc(c(NC(=O)O)cc2C(F)(F)F)-c2nnc(o2)[C@@](OCc2ccccc2)(C(F)(F)F)C1. The largest absolute Gasteiger partial charge is 0.465 e. The standard InChI is InChI=1S/C25H20F6N4O6/c26-24(27,28)15-10-16(32-22(38)39)19-20-34-35-21(41-20)23(25(29,30)31,40-12-13-6-2-1-3-7-13)11-14(36)8-4-5-9-17(37)18(15)33-19/h1-3,6-7,10,32H,4-5,8-9,11-12H2,(H,38,39)/t23-/m1/s1. The van der Waals surface area contributed by atoms with E-state index in [-0.39, 0.29) is 18.9 Å². The molecular weight excluding hydrogens is 566 g/mol. The van der Waals surface area contributed by atoms with Gasteiger partial charge < -0.3 is 14.3 Å². The Balaban J connectivity index is 1.94. The smallest absolute Gasteiger partial charge is 0.427 e. The number of nitrogens with zero attached hydrogens (tertiary/aromatic N) is 3. The Morgan fingerprint density at radius 3 is 2.34 bits per heavy atom. The van der Waals surface area contributed by atoms with Gasteiger partial charge in [-0.25, -0.2) is 9.78 Å². The van der Waals surface area contributed by atoms with Crippen molar-refractivity contribution >= 4 is 23.3 Å². The van der Waals surface area contributed by atoms with Crippen molar-refractivity contribution in [3.8, 4) is 11.6 Å². The Kier molecular flexibility index (Phi) is 8.15. The van der Waals surface area contributed by atoms with Crippen LogP contribution in [-0.4, -0.2) is 44.1 Å². The van der Waals surface area contributed by atoms with Crippen molar-refractivity contribution in [1.29, 1.82) is 0 Å². The van der Waals surface area contributed by atoms with Crippen LogP contribution in [0.25, 0.3) is 11.6 Å². The number of anilines is 1. The average molecular weight is 586 g/mol. The van der Waals surface area contributed by atoms with E-state index in [0.29, 0.717) is 5.56 Å². The maximum Gasteiger partial charge on any atom is 0.427 e. The summed E-state index contributed by atoms with van der Waals surface area (Å²) in [5.74, 6) is -4.26. The normalized spacial score (nSPS) is 18.6. The van der Waals surface area contributed by atoms with E-state index < -0.39 is 95.9 Å². The van der Waals surface area contributed by atoms with E-state index in [2.05, 4.69) is 15.2 Å². The van der Waals surface area contributed by atoms with Gasteiger partial charge >= 0.3 is 18.4 Å². The number of pyridine rings is 1. The lowest BCUT2D eigenvalue weighted by molar-refractivity contribution is -0.297. The molecule has 16 heteroatoms. The van der Waals surface area contributed by atoms with Crippen molar-refractivity contribution in [3.05, 3.63) is 59.1 Å². The summed E-state index contributed by atoms with van der Waals surface area (Å²) in [4.78, 5) is 40.4. The van der Waals surface area contributed by atoms with Gasteiger partial charge in [-0.1, -0.05) is 30.3 Å². The van der Waals surface area contributed by atoms with Crippen LogP contribution in [0.5, 0.6) is 0 Å². The molecule has 0 saturated carbocycles. The number of aromatic nitrogens is 3. The first-order valence-electron chi connectivity index (χ1n) is 12.0. The summed E-state index contributed by atoms with van der Waals surface area (Å²) >= 11 is 0. The van der Waals surface area contributed by atoms with Crippen LogP contribution in [0.4, 0.5) is 36.8 Å². The quantitative estimate of drug-likeness (QED) is 0.355. The molecule has 0 radical (unpaired) electrons.